The van der Waals surface area contributed by atoms with Gasteiger partial charge in [0.15, 0.2) is 11.5 Å². The molecule has 1 saturated heterocycles. The Balaban J connectivity index is 1.85. The maximum absolute atomic E-state index is 13.0. The van der Waals surface area contributed by atoms with Crippen LogP contribution in [-0.4, -0.2) is 19.2 Å². The van der Waals surface area contributed by atoms with Crippen LogP contribution in [0.1, 0.15) is 24.2 Å². The summed E-state index contributed by atoms with van der Waals surface area (Å²) in [5.41, 5.74) is 0.193. The number of hydrogen-bond donors (Lipinski definition) is 1. The summed E-state index contributed by atoms with van der Waals surface area (Å²) in [7, 11) is 0. The third kappa shape index (κ3) is 3.82. The van der Waals surface area contributed by atoms with Crippen molar-refractivity contribution in [3.8, 4) is 11.5 Å². The van der Waals surface area contributed by atoms with Gasteiger partial charge in [-0.1, -0.05) is 30.3 Å². The van der Waals surface area contributed by atoms with E-state index in [-0.39, 0.29) is 18.0 Å². The van der Waals surface area contributed by atoms with Gasteiger partial charge in [0, 0.05) is 13.1 Å². The lowest BCUT2D eigenvalue weighted by Gasteiger charge is -2.29. The minimum absolute atomic E-state index is 0.124. The molecule has 0 aliphatic carbocycles. The summed E-state index contributed by atoms with van der Waals surface area (Å²) in [6, 6.07) is 12.8. The molecule has 0 amide bonds. The van der Waals surface area contributed by atoms with E-state index in [0.29, 0.717) is 18.8 Å². The van der Waals surface area contributed by atoms with E-state index in [1.54, 1.807) is 0 Å². The fourth-order valence-electron chi connectivity index (χ4n) is 2.38. The zero-order valence-electron chi connectivity index (χ0n) is 13.1. The van der Waals surface area contributed by atoms with Crippen molar-refractivity contribution in [2.24, 2.45) is 0 Å². The molecule has 1 heterocycles. The number of benzene rings is 2. The van der Waals surface area contributed by atoms with Crippen molar-refractivity contribution < 1.29 is 22.6 Å². The van der Waals surface area contributed by atoms with Crippen LogP contribution in [0.4, 0.5) is 13.2 Å². The molecule has 1 atom stereocenters. The smallest absolute Gasteiger partial charge is 0.416 e. The Bertz CT molecular complexity index is 684. The first-order valence-electron chi connectivity index (χ1n) is 7.73. The van der Waals surface area contributed by atoms with Crippen molar-refractivity contribution >= 4 is 0 Å². The minimum Gasteiger partial charge on any atom is -0.484 e. The standard InChI is InChI=1S/C18H18F3NO2/c1-12(13-5-3-2-4-6-13)23-16-8-7-14(18(19,20)21)9-17(16)24-15-10-22-11-15/h2-9,12,15,22H,10-11H2,1H3. The Kier molecular flexibility index (Phi) is 4.66. The molecule has 0 radical (unpaired) electrons. The molecule has 3 rings (SSSR count). The number of rotatable bonds is 5. The Morgan fingerprint density at radius 3 is 2.33 bits per heavy atom. The highest BCUT2D eigenvalue weighted by Crippen LogP contribution is 2.38. The fraction of sp³-hybridized carbons (Fsp3) is 0.333. The second-order valence-corrected chi connectivity index (χ2v) is 5.73. The highest BCUT2D eigenvalue weighted by Gasteiger charge is 2.32. The lowest BCUT2D eigenvalue weighted by Crippen LogP contribution is -2.50. The first-order valence-corrected chi connectivity index (χ1v) is 7.73. The molecule has 128 valence electrons. The van der Waals surface area contributed by atoms with Crippen LogP contribution in [-0.2, 0) is 6.18 Å². The van der Waals surface area contributed by atoms with Gasteiger partial charge < -0.3 is 14.8 Å². The summed E-state index contributed by atoms with van der Waals surface area (Å²) >= 11 is 0. The van der Waals surface area contributed by atoms with Gasteiger partial charge in [0.2, 0.25) is 0 Å². The molecule has 3 nitrogen and oxygen atoms in total. The second-order valence-electron chi connectivity index (χ2n) is 5.73. The molecule has 1 aliphatic rings. The quantitative estimate of drug-likeness (QED) is 0.887. The molecule has 2 aromatic carbocycles. The Labute approximate surface area is 138 Å². The van der Waals surface area contributed by atoms with E-state index in [0.717, 1.165) is 17.7 Å². The molecule has 0 saturated carbocycles. The van der Waals surface area contributed by atoms with E-state index < -0.39 is 11.7 Å². The third-order valence-electron chi connectivity index (χ3n) is 3.88. The number of alkyl halides is 3. The lowest BCUT2D eigenvalue weighted by atomic mass is 10.1. The zero-order valence-corrected chi connectivity index (χ0v) is 13.1. The van der Waals surface area contributed by atoms with Crippen LogP contribution in [0.2, 0.25) is 0 Å². The van der Waals surface area contributed by atoms with Gasteiger partial charge in [-0.05, 0) is 30.7 Å². The summed E-state index contributed by atoms with van der Waals surface area (Å²) in [6.45, 7) is 3.08. The molecule has 1 fully saturated rings. The van der Waals surface area contributed by atoms with Gasteiger partial charge in [-0.25, -0.2) is 0 Å². The van der Waals surface area contributed by atoms with Crippen molar-refractivity contribution in [3.05, 3.63) is 59.7 Å². The van der Waals surface area contributed by atoms with Crippen LogP contribution in [0.15, 0.2) is 48.5 Å². The van der Waals surface area contributed by atoms with Crippen LogP contribution in [0.3, 0.4) is 0 Å². The maximum atomic E-state index is 13.0. The monoisotopic (exact) mass is 337 g/mol. The summed E-state index contributed by atoms with van der Waals surface area (Å²) in [4.78, 5) is 0. The third-order valence-corrected chi connectivity index (χ3v) is 3.88. The van der Waals surface area contributed by atoms with E-state index >= 15 is 0 Å². The summed E-state index contributed by atoms with van der Waals surface area (Å²) < 4.78 is 50.4. The van der Waals surface area contributed by atoms with Crippen molar-refractivity contribution in [3.63, 3.8) is 0 Å². The van der Waals surface area contributed by atoms with Crippen LogP contribution in [0.5, 0.6) is 11.5 Å². The molecule has 1 N–H and O–H groups in total. The molecule has 1 unspecified atom stereocenters. The molecular weight excluding hydrogens is 319 g/mol. The molecule has 0 aromatic heterocycles. The molecule has 24 heavy (non-hydrogen) atoms. The van der Waals surface area contributed by atoms with E-state index in [4.69, 9.17) is 9.47 Å². The predicted octanol–water partition coefficient (Wildman–Crippen LogP) is 4.20. The molecule has 0 bridgehead atoms. The number of hydrogen-bond acceptors (Lipinski definition) is 3. The van der Waals surface area contributed by atoms with Crippen molar-refractivity contribution in [1.29, 1.82) is 0 Å². The Morgan fingerprint density at radius 2 is 1.75 bits per heavy atom. The zero-order chi connectivity index (χ0) is 17.2. The van der Waals surface area contributed by atoms with Gasteiger partial charge >= 0.3 is 6.18 Å². The van der Waals surface area contributed by atoms with Crippen molar-refractivity contribution in [1.82, 2.24) is 5.32 Å². The average Bonchev–Trinajstić information content (AvgIpc) is 2.52. The predicted molar refractivity (Wildman–Crippen MR) is 84.2 cm³/mol. The Hall–Kier alpha value is -2.21. The highest BCUT2D eigenvalue weighted by molar-refractivity contribution is 5.44. The molecular formula is C18H18F3NO2. The van der Waals surface area contributed by atoms with Crippen LogP contribution in [0.25, 0.3) is 0 Å². The first-order chi connectivity index (χ1) is 11.4. The molecule has 2 aromatic rings. The van der Waals surface area contributed by atoms with Crippen molar-refractivity contribution in [2.45, 2.75) is 25.3 Å². The maximum Gasteiger partial charge on any atom is 0.416 e. The largest absolute Gasteiger partial charge is 0.484 e. The van der Waals surface area contributed by atoms with Gasteiger partial charge in [0.25, 0.3) is 0 Å². The molecule has 6 heteroatoms. The van der Waals surface area contributed by atoms with E-state index in [1.165, 1.54) is 6.07 Å². The Morgan fingerprint density at radius 1 is 1.04 bits per heavy atom. The fourth-order valence-corrected chi connectivity index (χ4v) is 2.38. The summed E-state index contributed by atoms with van der Waals surface area (Å²) in [5.74, 6) is 0.436. The van der Waals surface area contributed by atoms with E-state index in [9.17, 15) is 13.2 Å². The topological polar surface area (TPSA) is 30.5 Å². The lowest BCUT2D eigenvalue weighted by molar-refractivity contribution is -0.137. The van der Waals surface area contributed by atoms with Gasteiger partial charge in [0.05, 0.1) is 5.56 Å². The SMILES string of the molecule is CC(Oc1ccc(C(F)(F)F)cc1OC1CNC1)c1ccccc1. The van der Waals surface area contributed by atoms with E-state index in [1.807, 2.05) is 37.3 Å². The highest BCUT2D eigenvalue weighted by atomic mass is 19.4. The average molecular weight is 337 g/mol. The summed E-state index contributed by atoms with van der Waals surface area (Å²) in [6.07, 6.45) is -4.85. The van der Waals surface area contributed by atoms with Crippen molar-refractivity contribution in [2.75, 3.05) is 13.1 Å². The number of nitrogens with one attached hydrogen (secondary N) is 1. The van der Waals surface area contributed by atoms with Gasteiger partial charge in [-0.15, -0.1) is 0 Å². The van der Waals surface area contributed by atoms with Gasteiger partial charge in [-0.3, -0.25) is 0 Å². The second kappa shape index (κ2) is 6.73. The number of halogens is 3. The normalized spacial score (nSPS) is 16.3. The van der Waals surface area contributed by atoms with Crippen LogP contribution < -0.4 is 14.8 Å². The number of ether oxygens (including phenoxy) is 2. The first kappa shape index (κ1) is 16.6. The van der Waals surface area contributed by atoms with Crippen LogP contribution in [0, 0.1) is 0 Å². The van der Waals surface area contributed by atoms with Gasteiger partial charge in [-0.2, -0.15) is 13.2 Å². The molecule has 0 spiro atoms. The summed E-state index contributed by atoms with van der Waals surface area (Å²) in [5, 5.41) is 3.02. The van der Waals surface area contributed by atoms with Gasteiger partial charge in [0.1, 0.15) is 12.2 Å². The van der Waals surface area contributed by atoms with Crippen LogP contribution >= 0.6 is 0 Å². The molecule has 1 aliphatic heterocycles. The van der Waals surface area contributed by atoms with E-state index in [2.05, 4.69) is 5.32 Å². The minimum atomic E-state index is -4.42.